The number of fused-ring (bicyclic) bond motifs is 1. The fourth-order valence-electron chi connectivity index (χ4n) is 2.30. The van der Waals surface area contributed by atoms with Gasteiger partial charge in [-0.05, 0) is 26.3 Å². The van der Waals surface area contributed by atoms with E-state index in [1.165, 1.54) is 11.3 Å². The van der Waals surface area contributed by atoms with Gasteiger partial charge >= 0.3 is 0 Å². The third-order valence-corrected chi connectivity index (χ3v) is 4.87. The van der Waals surface area contributed by atoms with Gasteiger partial charge in [0.1, 0.15) is 4.88 Å². The van der Waals surface area contributed by atoms with Gasteiger partial charge in [0.05, 0.1) is 12.3 Å². The number of likely N-dealkylation sites (N-methyl/N-ethyl adjacent to an activating group) is 1. The molecule has 0 aliphatic heterocycles. The number of nitrogens with two attached hydrogens (primary N) is 1. The van der Waals surface area contributed by atoms with E-state index in [1.54, 1.807) is 4.90 Å². The van der Waals surface area contributed by atoms with E-state index < -0.39 is 0 Å². The quantitative estimate of drug-likeness (QED) is 0.833. The molecule has 1 heterocycles. The Morgan fingerprint density at radius 2 is 2.14 bits per heavy atom. The Labute approximate surface area is 129 Å². The van der Waals surface area contributed by atoms with Crippen LogP contribution in [0.3, 0.4) is 0 Å². The zero-order valence-corrected chi connectivity index (χ0v) is 13.6. The molecule has 2 N–H and O–H groups in total. The summed E-state index contributed by atoms with van der Waals surface area (Å²) in [5.41, 5.74) is 7.94. The Hall–Kier alpha value is -1.59. The smallest absolute Gasteiger partial charge is 0.266 e. The van der Waals surface area contributed by atoms with Gasteiger partial charge in [-0.3, -0.25) is 4.79 Å². The van der Waals surface area contributed by atoms with Crippen LogP contribution in [0.2, 0.25) is 0 Å². The number of amides is 1. The molecule has 0 fully saturated rings. The predicted octanol–water partition coefficient (Wildman–Crippen LogP) is 3.29. The van der Waals surface area contributed by atoms with Crippen molar-refractivity contribution < 1.29 is 9.53 Å². The summed E-state index contributed by atoms with van der Waals surface area (Å²) in [5, 5.41) is 0.976. The number of nitrogens with zero attached hydrogens (tertiary/aromatic N) is 1. The van der Waals surface area contributed by atoms with E-state index in [9.17, 15) is 4.79 Å². The summed E-state index contributed by atoms with van der Waals surface area (Å²) in [6.45, 7) is 8.42. The van der Waals surface area contributed by atoms with Crippen molar-refractivity contribution in [3.63, 3.8) is 0 Å². The number of thiophene rings is 1. The van der Waals surface area contributed by atoms with Gasteiger partial charge < -0.3 is 15.4 Å². The van der Waals surface area contributed by atoms with Crippen LogP contribution >= 0.6 is 11.3 Å². The molecular weight excluding hydrogens is 284 g/mol. The van der Waals surface area contributed by atoms with Crippen molar-refractivity contribution in [3.8, 4) is 0 Å². The number of ether oxygens (including phenoxy) is 1. The summed E-state index contributed by atoms with van der Waals surface area (Å²) in [6, 6.07) is 5.99. The van der Waals surface area contributed by atoms with Crippen LogP contribution in [0.15, 0.2) is 18.2 Å². The molecule has 1 aromatic heterocycles. The highest BCUT2D eigenvalue weighted by Gasteiger charge is 2.21. The lowest BCUT2D eigenvalue weighted by Crippen LogP contribution is -2.33. The first-order chi connectivity index (χ1) is 10.1. The first-order valence-corrected chi connectivity index (χ1v) is 8.06. The van der Waals surface area contributed by atoms with Gasteiger partial charge in [0.2, 0.25) is 0 Å². The number of benzene rings is 1. The second-order valence-electron chi connectivity index (χ2n) is 4.88. The Morgan fingerprint density at radius 1 is 1.38 bits per heavy atom. The molecule has 0 saturated carbocycles. The van der Waals surface area contributed by atoms with E-state index in [2.05, 4.69) is 0 Å². The lowest BCUT2D eigenvalue weighted by Gasteiger charge is -2.20. The SMILES string of the molecule is CCOCCN(CC)C(=O)c1sc2c(C)cccc2c1N. The maximum Gasteiger partial charge on any atom is 0.266 e. The van der Waals surface area contributed by atoms with Crippen LogP contribution in [-0.2, 0) is 4.74 Å². The third kappa shape index (κ3) is 3.19. The highest BCUT2D eigenvalue weighted by atomic mass is 32.1. The fourth-order valence-corrected chi connectivity index (χ4v) is 3.46. The minimum atomic E-state index is -0.00435. The molecule has 2 aromatic rings. The van der Waals surface area contributed by atoms with Gasteiger partial charge in [-0.15, -0.1) is 11.3 Å². The maximum atomic E-state index is 12.7. The van der Waals surface area contributed by atoms with Gasteiger partial charge in [-0.1, -0.05) is 18.2 Å². The van der Waals surface area contributed by atoms with Crippen LogP contribution in [0.5, 0.6) is 0 Å². The van der Waals surface area contributed by atoms with Crippen LogP contribution in [0.25, 0.3) is 10.1 Å². The van der Waals surface area contributed by atoms with Crippen molar-refractivity contribution in [1.29, 1.82) is 0 Å². The molecule has 0 unspecified atom stereocenters. The molecular formula is C16H22N2O2S. The summed E-state index contributed by atoms with van der Waals surface area (Å²) in [6.07, 6.45) is 0. The number of anilines is 1. The number of rotatable bonds is 6. The molecule has 1 amide bonds. The molecule has 0 spiro atoms. The van der Waals surface area contributed by atoms with Crippen molar-refractivity contribution in [2.75, 3.05) is 32.0 Å². The standard InChI is InChI=1S/C16H22N2O2S/c1-4-18(9-10-20-5-2)16(19)15-13(17)12-8-6-7-11(3)14(12)21-15/h6-8H,4-5,9-10,17H2,1-3H3. The van der Waals surface area contributed by atoms with Crippen LogP contribution in [0.4, 0.5) is 5.69 Å². The first-order valence-electron chi connectivity index (χ1n) is 7.24. The molecule has 0 saturated heterocycles. The van der Waals surface area contributed by atoms with E-state index in [-0.39, 0.29) is 5.91 Å². The Morgan fingerprint density at radius 3 is 2.76 bits per heavy atom. The van der Waals surface area contributed by atoms with Crippen LogP contribution < -0.4 is 5.73 Å². The molecule has 4 nitrogen and oxygen atoms in total. The van der Waals surface area contributed by atoms with Crippen LogP contribution in [0, 0.1) is 6.92 Å². The number of hydrogen-bond donors (Lipinski definition) is 1. The number of aryl methyl sites for hydroxylation is 1. The lowest BCUT2D eigenvalue weighted by atomic mass is 10.1. The second-order valence-corrected chi connectivity index (χ2v) is 5.90. The number of nitrogen functional groups attached to an aromatic ring is 1. The molecule has 0 atom stereocenters. The van der Waals surface area contributed by atoms with Gasteiger partial charge in [-0.2, -0.15) is 0 Å². The summed E-state index contributed by atoms with van der Waals surface area (Å²) in [5.74, 6) is -0.00435. The highest BCUT2D eigenvalue weighted by molar-refractivity contribution is 7.21. The average molecular weight is 306 g/mol. The Bertz CT molecular complexity index is 636. The molecule has 1 aromatic carbocycles. The zero-order valence-electron chi connectivity index (χ0n) is 12.8. The van der Waals surface area contributed by atoms with Gasteiger partial charge in [-0.25, -0.2) is 0 Å². The largest absolute Gasteiger partial charge is 0.397 e. The summed E-state index contributed by atoms with van der Waals surface area (Å²) < 4.78 is 6.43. The van der Waals surface area contributed by atoms with E-state index in [0.717, 1.165) is 15.6 Å². The Kier molecular flexibility index (Phi) is 5.20. The van der Waals surface area contributed by atoms with Crippen molar-refractivity contribution in [3.05, 3.63) is 28.6 Å². The normalized spacial score (nSPS) is 11.0. The van der Waals surface area contributed by atoms with Crippen LogP contribution in [0.1, 0.15) is 29.1 Å². The van der Waals surface area contributed by atoms with Crippen molar-refractivity contribution in [2.45, 2.75) is 20.8 Å². The predicted molar refractivity (Wildman–Crippen MR) is 89.0 cm³/mol. The molecule has 2 rings (SSSR count). The molecule has 21 heavy (non-hydrogen) atoms. The van der Waals surface area contributed by atoms with Crippen molar-refractivity contribution >= 4 is 33.0 Å². The van der Waals surface area contributed by atoms with Gasteiger partial charge in [0.15, 0.2) is 0 Å². The fraction of sp³-hybridized carbons (Fsp3) is 0.438. The van der Waals surface area contributed by atoms with Crippen LogP contribution in [-0.4, -0.2) is 37.1 Å². The monoisotopic (exact) mass is 306 g/mol. The average Bonchev–Trinajstić information content (AvgIpc) is 2.82. The Balaban J connectivity index is 2.29. The van der Waals surface area contributed by atoms with E-state index in [0.29, 0.717) is 36.9 Å². The van der Waals surface area contributed by atoms with Gasteiger partial charge in [0.25, 0.3) is 5.91 Å². The summed E-state index contributed by atoms with van der Waals surface area (Å²) in [7, 11) is 0. The molecule has 5 heteroatoms. The number of hydrogen-bond acceptors (Lipinski definition) is 4. The van der Waals surface area contributed by atoms with E-state index in [4.69, 9.17) is 10.5 Å². The van der Waals surface area contributed by atoms with Crippen molar-refractivity contribution in [1.82, 2.24) is 4.90 Å². The molecule has 0 radical (unpaired) electrons. The van der Waals surface area contributed by atoms with E-state index in [1.807, 2.05) is 39.0 Å². The summed E-state index contributed by atoms with van der Waals surface area (Å²) in [4.78, 5) is 15.1. The minimum Gasteiger partial charge on any atom is -0.397 e. The van der Waals surface area contributed by atoms with Crippen molar-refractivity contribution in [2.24, 2.45) is 0 Å². The van der Waals surface area contributed by atoms with E-state index >= 15 is 0 Å². The molecule has 0 aliphatic rings. The first kappa shape index (κ1) is 15.8. The lowest BCUT2D eigenvalue weighted by molar-refractivity contribution is 0.0674. The maximum absolute atomic E-state index is 12.7. The number of carbonyl (C=O) groups is 1. The topological polar surface area (TPSA) is 55.6 Å². The zero-order chi connectivity index (χ0) is 15.4. The van der Waals surface area contributed by atoms with Gasteiger partial charge in [0, 0.05) is 29.8 Å². The second kappa shape index (κ2) is 6.91. The number of carbonyl (C=O) groups excluding carboxylic acids is 1. The molecule has 114 valence electrons. The third-order valence-electron chi connectivity index (χ3n) is 3.52. The molecule has 0 aliphatic carbocycles. The minimum absolute atomic E-state index is 0.00435. The highest BCUT2D eigenvalue weighted by Crippen LogP contribution is 2.36. The molecule has 0 bridgehead atoms. The summed E-state index contributed by atoms with van der Waals surface area (Å²) >= 11 is 1.48.